The molecule has 35 heavy (non-hydrogen) atoms. The molecule has 0 radical (unpaired) electrons. The van der Waals surface area contributed by atoms with E-state index in [4.69, 9.17) is 0 Å². The molecule has 0 nitrogen and oxygen atoms in total. The smallest absolute Gasteiger partial charge is 0.166 e. The van der Waals surface area contributed by atoms with Crippen LogP contribution in [-0.4, -0.2) is 0 Å². The van der Waals surface area contributed by atoms with Crippen molar-refractivity contribution in [2.24, 2.45) is 5.92 Å². The first-order valence-electron chi connectivity index (χ1n) is 12.7. The van der Waals surface area contributed by atoms with E-state index in [2.05, 4.69) is 13.8 Å². The minimum absolute atomic E-state index is 0.146. The number of benzene rings is 3. The molecule has 0 heterocycles. The molecule has 3 aromatic carbocycles. The predicted molar refractivity (Wildman–Crippen MR) is 140 cm³/mol. The van der Waals surface area contributed by atoms with Crippen molar-refractivity contribution in [1.29, 1.82) is 0 Å². The monoisotopic (exact) mass is 474 g/mol. The van der Waals surface area contributed by atoms with Gasteiger partial charge in [-0.2, -0.15) is 0 Å². The van der Waals surface area contributed by atoms with Crippen LogP contribution in [0.1, 0.15) is 61.8 Å². The Balaban J connectivity index is 1.41. The standard InChI is InChI=1S/C32H33F3/c1-3-5-6-24-12-19-28(30(33)21-24)25-15-9-23(10-16-25)11-17-27-18-20-29(32(35)31(27)34)26-13-7-22(4-2)8-14-26/h7-10,13-16,18-21,24H,3-6,11-12,17H2,1-2H3. The molecular weight excluding hydrogens is 441 g/mol. The Hall–Kier alpha value is -3.07. The summed E-state index contributed by atoms with van der Waals surface area (Å²) in [5.74, 6) is -1.44. The van der Waals surface area contributed by atoms with Gasteiger partial charge in [0.25, 0.3) is 0 Å². The summed E-state index contributed by atoms with van der Waals surface area (Å²) < 4.78 is 44.3. The van der Waals surface area contributed by atoms with Gasteiger partial charge in [-0.15, -0.1) is 0 Å². The van der Waals surface area contributed by atoms with Gasteiger partial charge in [0, 0.05) is 11.1 Å². The van der Waals surface area contributed by atoms with Crippen LogP contribution in [0.3, 0.4) is 0 Å². The van der Waals surface area contributed by atoms with Gasteiger partial charge in [0.2, 0.25) is 0 Å². The molecule has 1 atom stereocenters. The summed E-state index contributed by atoms with van der Waals surface area (Å²) in [7, 11) is 0. The number of rotatable bonds is 9. The van der Waals surface area contributed by atoms with Gasteiger partial charge in [-0.25, -0.2) is 13.2 Å². The quantitative estimate of drug-likeness (QED) is 0.290. The largest absolute Gasteiger partial charge is 0.207 e. The first kappa shape index (κ1) is 25.0. The lowest BCUT2D eigenvalue weighted by molar-refractivity contribution is 0.501. The van der Waals surface area contributed by atoms with Crippen LogP contribution in [0.25, 0.3) is 16.7 Å². The third-order valence-corrected chi connectivity index (χ3v) is 6.98. The molecular formula is C32H33F3. The van der Waals surface area contributed by atoms with Crippen molar-refractivity contribution < 1.29 is 13.2 Å². The molecule has 1 unspecified atom stereocenters. The lowest BCUT2D eigenvalue weighted by Gasteiger charge is -2.18. The van der Waals surface area contributed by atoms with Crippen molar-refractivity contribution in [3.63, 3.8) is 0 Å². The molecule has 1 aliphatic rings. The molecule has 3 heteroatoms. The maximum absolute atomic E-state index is 14.8. The molecule has 3 aromatic rings. The Labute approximate surface area is 207 Å². The predicted octanol–water partition coefficient (Wildman–Crippen LogP) is 9.43. The van der Waals surface area contributed by atoms with Gasteiger partial charge in [-0.1, -0.05) is 93.4 Å². The van der Waals surface area contributed by atoms with Gasteiger partial charge >= 0.3 is 0 Å². The summed E-state index contributed by atoms with van der Waals surface area (Å²) in [4.78, 5) is 0. The first-order chi connectivity index (χ1) is 17.0. The van der Waals surface area contributed by atoms with Crippen LogP contribution in [0.4, 0.5) is 13.2 Å². The highest BCUT2D eigenvalue weighted by molar-refractivity contribution is 5.78. The van der Waals surface area contributed by atoms with Crippen molar-refractivity contribution in [1.82, 2.24) is 0 Å². The van der Waals surface area contributed by atoms with Crippen molar-refractivity contribution in [2.45, 2.75) is 58.8 Å². The molecule has 0 N–H and O–H groups in total. The van der Waals surface area contributed by atoms with E-state index in [1.807, 2.05) is 54.6 Å². The molecule has 182 valence electrons. The summed E-state index contributed by atoms with van der Waals surface area (Å²) in [6, 6.07) is 18.6. The second-order valence-corrected chi connectivity index (χ2v) is 9.42. The van der Waals surface area contributed by atoms with Crippen molar-refractivity contribution in [3.8, 4) is 11.1 Å². The Morgan fingerprint density at radius 3 is 2.09 bits per heavy atom. The summed E-state index contributed by atoms with van der Waals surface area (Å²) in [6.45, 7) is 4.21. The molecule has 0 spiro atoms. The van der Waals surface area contributed by atoms with Gasteiger partial charge in [-0.05, 0) is 71.9 Å². The molecule has 4 rings (SSSR count). The zero-order chi connectivity index (χ0) is 24.8. The molecule has 0 fully saturated rings. The number of allylic oxidation sites excluding steroid dienone is 4. The van der Waals surface area contributed by atoms with E-state index < -0.39 is 11.6 Å². The average Bonchev–Trinajstić information content (AvgIpc) is 2.89. The molecule has 1 aliphatic carbocycles. The second-order valence-electron chi connectivity index (χ2n) is 9.42. The highest BCUT2D eigenvalue weighted by Crippen LogP contribution is 2.33. The average molecular weight is 475 g/mol. The van der Waals surface area contributed by atoms with Crippen LogP contribution in [0.2, 0.25) is 0 Å². The lowest BCUT2D eigenvalue weighted by Crippen LogP contribution is -2.03. The first-order valence-corrected chi connectivity index (χ1v) is 12.7. The molecule has 0 saturated heterocycles. The fraction of sp³-hybridized carbons (Fsp3) is 0.312. The minimum Gasteiger partial charge on any atom is -0.207 e. The SMILES string of the molecule is CCCCC1C=C(F)C(c2ccc(CCc3ccc(-c4ccc(CC)cc4)c(F)c3F)cc2)=CC1. The number of halogens is 3. The zero-order valence-corrected chi connectivity index (χ0v) is 20.6. The number of hydrogen-bond donors (Lipinski definition) is 0. The number of aryl methyl sites for hydroxylation is 3. The van der Waals surface area contributed by atoms with E-state index in [9.17, 15) is 13.2 Å². The van der Waals surface area contributed by atoms with Crippen molar-refractivity contribution in [2.75, 3.05) is 0 Å². The Bertz CT molecular complexity index is 1200. The van der Waals surface area contributed by atoms with Crippen molar-refractivity contribution in [3.05, 3.63) is 113 Å². The summed E-state index contributed by atoms with van der Waals surface area (Å²) in [6.07, 6.45) is 9.77. The molecule has 0 amide bonds. The highest BCUT2D eigenvalue weighted by atomic mass is 19.2. The van der Waals surface area contributed by atoms with E-state index in [-0.39, 0.29) is 17.3 Å². The third-order valence-electron chi connectivity index (χ3n) is 6.98. The van der Waals surface area contributed by atoms with E-state index in [1.54, 1.807) is 18.2 Å². The Morgan fingerprint density at radius 2 is 1.43 bits per heavy atom. The maximum Gasteiger partial charge on any atom is 0.166 e. The van der Waals surface area contributed by atoms with E-state index in [1.165, 1.54) is 0 Å². The summed E-state index contributed by atoms with van der Waals surface area (Å²) in [5, 5.41) is 0. The minimum atomic E-state index is -0.800. The summed E-state index contributed by atoms with van der Waals surface area (Å²) in [5.41, 5.74) is 5.00. The Kier molecular flexibility index (Phi) is 8.28. The van der Waals surface area contributed by atoms with Crippen molar-refractivity contribution >= 4 is 5.57 Å². The molecule has 0 aliphatic heterocycles. The van der Waals surface area contributed by atoms with Crippen LogP contribution in [0.5, 0.6) is 0 Å². The Morgan fingerprint density at radius 1 is 0.743 bits per heavy atom. The fourth-order valence-corrected chi connectivity index (χ4v) is 4.71. The number of unbranched alkanes of at least 4 members (excludes halogenated alkanes) is 1. The third kappa shape index (κ3) is 5.96. The van der Waals surface area contributed by atoms with E-state index in [0.29, 0.717) is 29.5 Å². The van der Waals surface area contributed by atoms with Crippen LogP contribution >= 0.6 is 0 Å². The van der Waals surface area contributed by atoms with Crippen LogP contribution in [-0.2, 0) is 19.3 Å². The molecule has 0 bridgehead atoms. The van der Waals surface area contributed by atoms with Crippen LogP contribution in [0, 0.1) is 17.6 Å². The lowest BCUT2D eigenvalue weighted by atomic mass is 9.88. The molecule has 0 aromatic heterocycles. The summed E-state index contributed by atoms with van der Waals surface area (Å²) >= 11 is 0. The highest BCUT2D eigenvalue weighted by Gasteiger charge is 2.17. The van der Waals surface area contributed by atoms with Gasteiger partial charge in [0.05, 0.1) is 0 Å². The zero-order valence-electron chi connectivity index (χ0n) is 20.6. The fourth-order valence-electron chi connectivity index (χ4n) is 4.71. The topological polar surface area (TPSA) is 0 Å². The van der Waals surface area contributed by atoms with Crippen LogP contribution in [0.15, 0.2) is 78.6 Å². The van der Waals surface area contributed by atoms with Gasteiger partial charge in [0.1, 0.15) is 5.83 Å². The second kappa shape index (κ2) is 11.6. The van der Waals surface area contributed by atoms with E-state index >= 15 is 0 Å². The van der Waals surface area contributed by atoms with Gasteiger partial charge in [-0.3, -0.25) is 0 Å². The van der Waals surface area contributed by atoms with Crippen LogP contribution < -0.4 is 0 Å². The molecule has 0 saturated carbocycles. The normalized spacial score (nSPS) is 15.6. The van der Waals surface area contributed by atoms with Gasteiger partial charge in [0.15, 0.2) is 11.6 Å². The maximum atomic E-state index is 14.8. The van der Waals surface area contributed by atoms with Gasteiger partial charge < -0.3 is 0 Å². The number of hydrogen-bond acceptors (Lipinski definition) is 0. The van der Waals surface area contributed by atoms with E-state index in [0.717, 1.165) is 48.8 Å².